The highest BCUT2D eigenvalue weighted by Crippen LogP contribution is 2.05. The Morgan fingerprint density at radius 3 is 2.45 bits per heavy atom. The molecule has 0 radical (unpaired) electrons. The van der Waals surface area contributed by atoms with Crippen LogP contribution in [0.25, 0.3) is 0 Å². The molecule has 0 aliphatic carbocycles. The summed E-state index contributed by atoms with van der Waals surface area (Å²) in [5.41, 5.74) is -0.489. The van der Waals surface area contributed by atoms with E-state index in [1.54, 1.807) is 0 Å². The lowest BCUT2D eigenvalue weighted by Gasteiger charge is -2.19. The van der Waals surface area contributed by atoms with Gasteiger partial charge in [-0.2, -0.15) is 0 Å². The van der Waals surface area contributed by atoms with Crippen LogP contribution in [0.1, 0.15) is 27.7 Å². The smallest absolute Gasteiger partial charge is 0.407 e. The third-order valence-corrected chi connectivity index (χ3v) is 1.75. The molecule has 0 fully saturated rings. The predicted molar refractivity (Wildman–Crippen MR) is 92.5 cm³/mol. The van der Waals surface area contributed by atoms with Crippen molar-refractivity contribution in [2.45, 2.75) is 33.3 Å². The number of halogens is 1. The minimum Gasteiger partial charge on any atom is -0.444 e. The highest BCUT2D eigenvalue weighted by atomic mass is 127. The molecule has 0 atom stereocenters. The summed E-state index contributed by atoms with van der Waals surface area (Å²) in [7, 11) is 0. The van der Waals surface area contributed by atoms with Gasteiger partial charge in [0.1, 0.15) is 5.60 Å². The van der Waals surface area contributed by atoms with E-state index in [0.29, 0.717) is 25.6 Å². The number of alkyl carbamates (subject to hydrolysis) is 1. The Labute approximate surface area is 138 Å². The van der Waals surface area contributed by atoms with Crippen molar-refractivity contribution in [1.29, 1.82) is 0 Å². The highest BCUT2D eigenvalue weighted by molar-refractivity contribution is 14.0. The topological polar surface area (TPSA) is 74.8 Å². The lowest BCUT2D eigenvalue weighted by molar-refractivity contribution is 0.0529. The average Bonchev–Trinajstić information content (AvgIpc) is 2.29. The van der Waals surface area contributed by atoms with Gasteiger partial charge in [0.25, 0.3) is 0 Å². The Bertz CT molecular complexity index is 345. The number of carbonyl (C=O) groups excluding carboxylic acids is 1. The summed E-state index contributed by atoms with van der Waals surface area (Å²) in [5.74, 6) is 3.10. The standard InChI is InChI=1S/C13H24N4O2.HI/c1-6-8-15-11(14-7-2)16-9-10-17-12(18)19-13(3,4)5;/h1H,7-10H2,2-5H3,(H,17,18)(H2,14,15,16);1H. The zero-order valence-electron chi connectivity index (χ0n) is 12.6. The number of rotatable bonds is 5. The molecule has 1 amide bonds. The van der Waals surface area contributed by atoms with E-state index in [9.17, 15) is 4.79 Å². The number of amides is 1. The third-order valence-electron chi connectivity index (χ3n) is 1.75. The van der Waals surface area contributed by atoms with Crippen LogP contribution >= 0.6 is 24.0 Å². The minimum absolute atomic E-state index is 0. The Hall–Kier alpha value is -1.17. The molecule has 6 nitrogen and oxygen atoms in total. The summed E-state index contributed by atoms with van der Waals surface area (Å²) < 4.78 is 5.10. The fourth-order valence-corrected chi connectivity index (χ4v) is 1.12. The van der Waals surface area contributed by atoms with E-state index in [0.717, 1.165) is 6.54 Å². The first-order chi connectivity index (χ1) is 8.89. The lowest BCUT2D eigenvalue weighted by atomic mass is 10.2. The van der Waals surface area contributed by atoms with Crippen molar-refractivity contribution in [3.05, 3.63) is 0 Å². The van der Waals surface area contributed by atoms with E-state index in [1.807, 2.05) is 27.7 Å². The van der Waals surface area contributed by atoms with E-state index in [-0.39, 0.29) is 24.0 Å². The van der Waals surface area contributed by atoms with Crippen LogP contribution in [0, 0.1) is 12.3 Å². The van der Waals surface area contributed by atoms with Gasteiger partial charge in [-0.3, -0.25) is 4.99 Å². The maximum Gasteiger partial charge on any atom is 0.407 e. The summed E-state index contributed by atoms with van der Waals surface area (Å²) in [6.45, 7) is 9.42. The zero-order chi connectivity index (χ0) is 14.7. The number of ether oxygens (including phenoxy) is 1. The Balaban J connectivity index is 0. The molecule has 3 N–H and O–H groups in total. The fourth-order valence-electron chi connectivity index (χ4n) is 1.12. The molecule has 0 bridgehead atoms. The molecule has 0 rings (SSSR count). The summed E-state index contributed by atoms with van der Waals surface area (Å²) in [6.07, 6.45) is 4.72. The number of aliphatic imine (C=N–C) groups is 1. The van der Waals surface area contributed by atoms with Crippen molar-refractivity contribution in [3.8, 4) is 12.3 Å². The van der Waals surface area contributed by atoms with Crippen LogP contribution in [0.5, 0.6) is 0 Å². The molecule has 0 aliphatic rings. The van der Waals surface area contributed by atoms with Crippen LogP contribution in [0.3, 0.4) is 0 Å². The quantitative estimate of drug-likeness (QED) is 0.216. The maximum atomic E-state index is 11.4. The monoisotopic (exact) mass is 396 g/mol. The summed E-state index contributed by atoms with van der Waals surface area (Å²) in [5, 5.41) is 8.63. The normalized spacial score (nSPS) is 10.8. The molecule has 0 spiro atoms. The second kappa shape index (κ2) is 11.6. The molecule has 0 aliphatic heterocycles. The number of nitrogens with zero attached hydrogens (tertiary/aromatic N) is 1. The molecule has 0 unspecified atom stereocenters. The lowest BCUT2D eigenvalue weighted by Crippen LogP contribution is -2.38. The van der Waals surface area contributed by atoms with Gasteiger partial charge < -0.3 is 20.7 Å². The van der Waals surface area contributed by atoms with Gasteiger partial charge >= 0.3 is 6.09 Å². The predicted octanol–water partition coefficient (Wildman–Crippen LogP) is 1.32. The molecular weight excluding hydrogens is 371 g/mol. The van der Waals surface area contributed by atoms with Gasteiger partial charge in [0, 0.05) is 13.1 Å². The van der Waals surface area contributed by atoms with E-state index >= 15 is 0 Å². The fraction of sp³-hybridized carbons (Fsp3) is 0.692. The third kappa shape index (κ3) is 13.3. The number of hydrogen-bond donors (Lipinski definition) is 3. The van der Waals surface area contributed by atoms with Crippen LogP contribution in [0.2, 0.25) is 0 Å². The molecule has 0 heterocycles. The number of terminal acetylenes is 1. The SMILES string of the molecule is C#CCNC(=NCCNC(=O)OC(C)(C)C)NCC.I. The second-order valence-corrected chi connectivity index (χ2v) is 4.75. The van der Waals surface area contributed by atoms with Gasteiger partial charge in [-0.05, 0) is 27.7 Å². The molecular formula is C13H25IN4O2. The van der Waals surface area contributed by atoms with Crippen molar-refractivity contribution in [2.24, 2.45) is 4.99 Å². The molecule has 0 aromatic rings. The van der Waals surface area contributed by atoms with E-state index in [1.165, 1.54) is 0 Å². The van der Waals surface area contributed by atoms with E-state index < -0.39 is 11.7 Å². The average molecular weight is 396 g/mol. The van der Waals surface area contributed by atoms with Gasteiger partial charge in [0.15, 0.2) is 5.96 Å². The first-order valence-electron chi connectivity index (χ1n) is 6.31. The largest absolute Gasteiger partial charge is 0.444 e. The second-order valence-electron chi connectivity index (χ2n) is 4.75. The molecule has 0 aromatic heterocycles. The van der Waals surface area contributed by atoms with Crippen LogP contribution < -0.4 is 16.0 Å². The molecule has 7 heteroatoms. The van der Waals surface area contributed by atoms with E-state index in [2.05, 4.69) is 26.9 Å². The van der Waals surface area contributed by atoms with Crippen molar-refractivity contribution < 1.29 is 9.53 Å². The highest BCUT2D eigenvalue weighted by Gasteiger charge is 2.15. The van der Waals surface area contributed by atoms with Crippen molar-refractivity contribution in [3.63, 3.8) is 0 Å². The van der Waals surface area contributed by atoms with Gasteiger partial charge in [-0.25, -0.2) is 4.79 Å². The summed E-state index contributed by atoms with van der Waals surface area (Å²) in [4.78, 5) is 15.6. The minimum atomic E-state index is -0.489. The number of nitrogens with one attached hydrogen (secondary N) is 3. The zero-order valence-corrected chi connectivity index (χ0v) is 14.9. The first kappa shape index (κ1) is 21.1. The molecule has 0 saturated carbocycles. The van der Waals surface area contributed by atoms with Gasteiger partial charge in [-0.15, -0.1) is 30.4 Å². The van der Waals surface area contributed by atoms with Crippen molar-refractivity contribution in [2.75, 3.05) is 26.2 Å². The molecule has 0 aromatic carbocycles. The van der Waals surface area contributed by atoms with Gasteiger partial charge in [0.05, 0.1) is 13.1 Å². The summed E-state index contributed by atoms with van der Waals surface area (Å²) in [6, 6.07) is 0. The van der Waals surface area contributed by atoms with Gasteiger partial charge in [0.2, 0.25) is 0 Å². The van der Waals surface area contributed by atoms with Crippen molar-refractivity contribution >= 4 is 36.0 Å². The van der Waals surface area contributed by atoms with Crippen LogP contribution in [-0.4, -0.2) is 43.8 Å². The summed E-state index contributed by atoms with van der Waals surface area (Å²) >= 11 is 0. The first-order valence-corrected chi connectivity index (χ1v) is 6.31. The maximum absolute atomic E-state index is 11.4. The van der Waals surface area contributed by atoms with Crippen LogP contribution in [0.4, 0.5) is 4.79 Å². The number of hydrogen-bond acceptors (Lipinski definition) is 3. The van der Waals surface area contributed by atoms with Crippen LogP contribution in [-0.2, 0) is 4.74 Å². The Morgan fingerprint density at radius 1 is 1.30 bits per heavy atom. The van der Waals surface area contributed by atoms with Crippen molar-refractivity contribution in [1.82, 2.24) is 16.0 Å². The number of carbonyl (C=O) groups is 1. The number of guanidine groups is 1. The molecule has 20 heavy (non-hydrogen) atoms. The van der Waals surface area contributed by atoms with Crippen LogP contribution in [0.15, 0.2) is 4.99 Å². The Kier molecular flexibility index (Phi) is 12.3. The molecule has 116 valence electrons. The Morgan fingerprint density at radius 2 is 1.95 bits per heavy atom. The van der Waals surface area contributed by atoms with Gasteiger partial charge in [-0.1, -0.05) is 5.92 Å². The molecule has 0 saturated heterocycles. The van der Waals surface area contributed by atoms with E-state index in [4.69, 9.17) is 11.2 Å².